The van der Waals surface area contributed by atoms with Crippen LogP contribution in [0.4, 0.5) is 0 Å². The van der Waals surface area contributed by atoms with Gasteiger partial charge in [-0.1, -0.05) is 334 Å². The molecule has 0 rings (SSSR count). The van der Waals surface area contributed by atoms with E-state index in [2.05, 4.69) is 148 Å². The third-order valence-electron chi connectivity index (χ3n) is 15.1. The van der Waals surface area contributed by atoms with Gasteiger partial charge in [-0.3, -0.25) is 18.6 Å². The molecule has 0 aromatic heterocycles. The van der Waals surface area contributed by atoms with E-state index >= 15 is 0 Å². The standard InChI is InChI=1S/C77H132NO8P/c1-3-5-7-9-11-13-15-17-19-21-23-25-27-29-31-32-33-34-35-36-37-38-39-40-41-42-44-46-48-50-52-54-56-58-60-62-64-66-68-70-77(80)86-75(74-85-87(81,82)84-72-71-78)73-83-76(79)69-67-65-63-61-59-57-55-53-51-49-47-45-43-30-28-26-24-22-20-18-16-14-12-10-8-6-4-2/h5,7,11,13,17,19,23,25,29,31,33-34,36-37,39-40,42,44,48,50,54,56,75H,3-4,6,8-10,12,14-16,18,20-22,24,26-28,30,32,35,38,41,43,45-47,49,51-53,55,57-74,78H2,1-2H3,(H,81,82)/b7-5-,13-11-,19-17-,25-23-,31-29-,34-33-,37-36-,40-39-,44-42-,50-48-,56-54-. The van der Waals surface area contributed by atoms with Crippen molar-refractivity contribution < 1.29 is 37.6 Å². The molecule has 3 N–H and O–H groups in total. The van der Waals surface area contributed by atoms with Crippen LogP contribution in [-0.4, -0.2) is 49.3 Å². The molecule has 0 aliphatic heterocycles. The second kappa shape index (κ2) is 71.2. The number of phosphoric acid groups is 1. The van der Waals surface area contributed by atoms with Gasteiger partial charge in [0.25, 0.3) is 0 Å². The van der Waals surface area contributed by atoms with Gasteiger partial charge in [-0.25, -0.2) is 4.57 Å². The summed E-state index contributed by atoms with van der Waals surface area (Å²) < 4.78 is 33.2. The normalized spacial score (nSPS) is 13.7. The maximum Gasteiger partial charge on any atom is 0.472 e. The molecule has 0 spiro atoms. The van der Waals surface area contributed by atoms with Gasteiger partial charge in [0.1, 0.15) is 6.61 Å². The minimum Gasteiger partial charge on any atom is -0.462 e. The number of rotatable bonds is 66. The highest BCUT2D eigenvalue weighted by Crippen LogP contribution is 2.43. The highest BCUT2D eigenvalue weighted by molar-refractivity contribution is 7.47. The molecule has 0 saturated carbocycles. The number of ether oxygens (including phenoxy) is 2. The molecule has 0 fully saturated rings. The van der Waals surface area contributed by atoms with Gasteiger partial charge in [0, 0.05) is 19.4 Å². The Labute approximate surface area is 535 Å². The van der Waals surface area contributed by atoms with Crippen molar-refractivity contribution in [3.05, 3.63) is 134 Å². The molecular formula is C77H132NO8P. The lowest BCUT2D eigenvalue weighted by Crippen LogP contribution is -2.29. The smallest absolute Gasteiger partial charge is 0.462 e. The fourth-order valence-electron chi connectivity index (χ4n) is 9.82. The summed E-state index contributed by atoms with van der Waals surface area (Å²) in [5.74, 6) is -0.846. The van der Waals surface area contributed by atoms with Gasteiger partial charge >= 0.3 is 19.8 Å². The summed E-state index contributed by atoms with van der Waals surface area (Å²) >= 11 is 0. The van der Waals surface area contributed by atoms with Crippen LogP contribution in [-0.2, 0) is 32.7 Å². The van der Waals surface area contributed by atoms with Crippen molar-refractivity contribution in [2.24, 2.45) is 5.73 Å². The molecule has 0 aromatic carbocycles. The Morgan fingerprint density at radius 1 is 0.356 bits per heavy atom. The first-order valence-corrected chi connectivity index (χ1v) is 37.2. The number of esters is 2. The molecule has 10 heteroatoms. The van der Waals surface area contributed by atoms with E-state index in [4.69, 9.17) is 24.3 Å². The molecule has 0 aliphatic rings. The number of phosphoric ester groups is 1. The van der Waals surface area contributed by atoms with Crippen molar-refractivity contribution in [3.8, 4) is 0 Å². The predicted octanol–water partition coefficient (Wildman–Crippen LogP) is 23.6. The van der Waals surface area contributed by atoms with Crippen molar-refractivity contribution in [2.45, 2.75) is 315 Å². The van der Waals surface area contributed by atoms with Crippen LogP contribution in [0.25, 0.3) is 0 Å². The Morgan fingerprint density at radius 3 is 0.943 bits per heavy atom. The summed E-state index contributed by atoms with van der Waals surface area (Å²) in [7, 11) is -4.41. The van der Waals surface area contributed by atoms with E-state index in [9.17, 15) is 19.0 Å². The van der Waals surface area contributed by atoms with E-state index in [1.54, 1.807) is 0 Å². The van der Waals surface area contributed by atoms with Crippen molar-refractivity contribution in [1.29, 1.82) is 0 Å². The van der Waals surface area contributed by atoms with Gasteiger partial charge in [0.2, 0.25) is 0 Å². The van der Waals surface area contributed by atoms with Crippen LogP contribution in [0.3, 0.4) is 0 Å². The van der Waals surface area contributed by atoms with Crippen LogP contribution < -0.4 is 5.73 Å². The average molecular weight is 1230 g/mol. The Bertz CT molecular complexity index is 1890. The largest absolute Gasteiger partial charge is 0.472 e. The van der Waals surface area contributed by atoms with Crippen molar-refractivity contribution in [3.63, 3.8) is 0 Å². The fraction of sp³-hybridized carbons (Fsp3) is 0.688. The fourth-order valence-corrected chi connectivity index (χ4v) is 10.6. The van der Waals surface area contributed by atoms with Gasteiger partial charge in [0.15, 0.2) is 6.10 Å². The van der Waals surface area contributed by atoms with Gasteiger partial charge < -0.3 is 20.1 Å². The summed E-state index contributed by atoms with van der Waals surface area (Å²) in [5, 5.41) is 0. The minimum absolute atomic E-state index is 0.0449. The van der Waals surface area contributed by atoms with E-state index < -0.39 is 26.5 Å². The zero-order valence-corrected chi connectivity index (χ0v) is 56.9. The van der Waals surface area contributed by atoms with Crippen molar-refractivity contribution in [1.82, 2.24) is 0 Å². The number of nitrogens with two attached hydrogens (primary N) is 1. The summed E-state index contributed by atoms with van der Waals surface area (Å²) in [5.41, 5.74) is 5.40. The molecular weight excluding hydrogens is 1100 g/mol. The molecule has 0 amide bonds. The Balaban J connectivity index is 3.98. The average Bonchev–Trinajstić information content (AvgIpc) is 3.64. The first kappa shape index (κ1) is 83.2. The maximum atomic E-state index is 12.8. The third kappa shape index (κ3) is 71.1. The van der Waals surface area contributed by atoms with E-state index in [0.29, 0.717) is 6.42 Å². The lowest BCUT2D eigenvalue weighted by Gasteiger charge is -2.19. The summed E-state index contributed by atoms with van der Waals surface area (Å²) in [6.45, 7) is 3.64. The van der Waals surface area contributed by atoms with Crippen molar-refractivity contribution >= 4 is 19.8 Å². The van der Waals surface area contributed by atoms with Crippen LogP contribution in [0.2, 0.25) is 0 Å². The molecule has 0 heterocycles. The quantitative estimate of drug-likeness (QED) is 0.0264. The van der Waals surface area contributed by atoms with Crippen LogP contribution in [0, 0.1) is 0 Å². The van der Waals surface area contributed by atoms with Gasteiger partial charge in [-0.2, -0.15) is 0 Å². The van der Waals surface area contributed by atoms with Crippen LogP contribution in [0.5, 0.6) is 0 Å². The van der Waals surface area contributed by atoms with Crippen LogP contribution in [0.15, 0.2) is 134 Å². The van der Waals surface area contributed by atoms with Crippen LogP contribution in [0.1, 0.15) is 309 Å². The molecule has 0 radical (unpaired) electrons. The monoisotopic (exact) mass is 1230 g/mol. The Morgan fingerprint density at radius 2 is 0.632 bits per heavy atom. The summed E-state index contributed by atoms with van der Waals surface area (Å²) in [6.07, 6.45) is 101. The second-order valence-corrected chi connectivity index (χ2v) is 24.8. The molecule has 0 bridgehead atoms. The highest BCUT2D eigenvalue weighted by Gasteiger charge is 2.26. The SMILES string of the molecule is CC/C=C\C/C=C\C/C=C\C/C=C\C/C=C\C/C=C\C/C=C\C/C=C\C/C=C\C/C=C\C/C=C\CCCCCCCC(=O)OC(COC(=O)CCCCCCCCCCCCCCCCCCCCCCCCCCCCC)COP(=O)(O)OCCN. The third-order valence-corrected chi connectivity index (χ3v) is 16.0. The molecule has 9 nitrogen and oxygen atoms in total. The van der Waals surface area contributed by atoms with E-state index in [0.717, 1.165) is 122 Å². The van der Waals surface area contributed by atoms with E-state index in [1.807, 2.05) is 0 Å². The zero-order chi connectivity index (χ0) is 63.0. The topological polar surface area (TPSA) is 134 Å². The Kier molecular flexibility index (Phi) is 68.1. The second-order valence-electron chi connectivity index (χ2n) is 23.4. The number of carbonyl (C=O) groups excluding carboxylic acids is 2. The number of hydrogen-bond acceptors (Lipinski definition) is 8. The van der Waals surface area contributed by atoms with Crippen molar-refractivity contribution in [2.75, 3.05) is 26.4 Å². The molecule has 0 saturated heterocycles. The zero-order valence-electron chi connectivity index (χ0n) is 56.0. The molecule has 2 atom stereocenters. The van der Waals surface area contributed by atoms with Gasteiger partial charge in [-0.05, 0) is 96.3 Å². The van der Waals surface area contributed by atoms with E-state index in [1.165, 1.54) is 154 Å². The van der Waals surface area contributed by atoms with Gasteiger partial charge in [0.05, 0.1) is 13.2 Å². The Hall–Kier alpha value is -3.85. The molecule has 87 heavy (non-hydrogen) atoms. The van der Waals surface area contributed by atoms with E-state index in [-0.39, 0.29) is 38.6 Å². The van der Waals surface area contributed by atoms with Crippen LogP contribution >= 0.6 is 7.82 Å². The minimum atomic E-state index is -4.41. The highest BCUT2D eigenvalue weighted by atomic mass is 31.2. The number of carbonyl (C=O) groups is 2. The summed E-state index contributed by atoms with van der Waals surface area (Å²) in [4.78, 5) is 35.4. The lowest BCUT2D eigenvalue weighted by atomic mass is 10.0. The molecule has 0 aliphatic carbocycles. The number of allylic oxidation sites excluding steroid dienone is 22. The molecule has 0 aromatic rings. The van der Waals surface area contributed by atoms with Gasteiger partial charge in [-0.15, -0.1) is 0 Å². The summed E-state index contributed by atoms with van der Waals surface area (Å²) in [6, 6.07) is 0. The number of unbranched alkanes of at least 4 members (excludes halogenated alkanes) is 31. The molecule has 498 valence electrons. The number of hydrogen-bond donors (Lipinski definition) is 2. The maximum absolute atomic E-state index is 12.8. The predicted molar refractivity (Wildman–Crippen MR) is 376 cm³/mol. The molecule has 2 unspecified atom stereocenters. The first-order chi connectivity index (χ1) is 42.8. The first-order valence-electron chi connectivity index (χ1n) is 35.7. The lowest BCUT2D eigenvalue weighted by molar-refractivity contribution is -0.161.